The van der Waals surface area contributed by atoms with Gasteiger partial charge in [0.25, 0.3) is 0 Å². The van der Waals surface area contributed by atoms with Crippen molar-refractivity contribution in [2.24, 2.45) is 0 Å². The summed E-state index contributed by atoms with van der Waals surface area (Å²) in [6.07, 6.45) is 0.425. The molecule has 0 aliphatic carbocycles. The summed E-state index contributed by atoms with van der Waals surface area (Å²) in [5, 5.41) is 6.49. The molecule has 0 bridgehead atoms. The number of hydrogen-bond donors (Lipinski definition) is 2. The quantitative estimate of drug-likeness (QED) is 0.645. The van der Waals surface area contributed by atoms with E-state index in [1.807, 2.05) is 18.2 Å². The first-order valence-corrected chi connectivity index (χ1v) is 9.97. The molecule has 0 radical (unpaired) electrons. The standard InChI is InChI=1S/C23H30N2O3/c1-15(2)18-6-5-7-19(16(3)4)23(18)25-22(26)10-11-24-13-17-8-9-20-21(12-17)28-14-27-20/h5-9,12,15-16,24H,10-11,13-14H2,1-4H3,(H,25,26). The van der Waals surface area contributed by atoms with Crippen LogP contribution in [0.3, 0.4) is 0 Å². The second-order valence-electron chi connectivity index (χ2n) is 7.78. The first-order valence-electron chi connectivity index (χ1n) is 9.97. The van der Waals surface area contributed by atoms with E-state index in [-0.39, 0.29) is 12.7 Å². The lowest BCUT2D eigenvalue weighted by Gasteiger charge is -2.20. The largest absolute Gasteiger partial charge is 0.454 e. The number of carbonyl (C=O) groups excluding carboxylic acids is 1. The molecule has 3 rings (SSSR count). The molecule has 0 aromatic heterocycles. The Kier molecular flexibility index (Phi) is 6.57. The molecular formula is C23H30N2O3. The molecule has 0 atom stereocenters. The van der Waals surface area contributed by atoms with Gasteiger partial charge in [0.05, 0.1) is 0 Å². The molecular weight excluding hydrogens is 352 g/mol. The van der Waals surface area contributed by atoms with Crippen LogP contribution in [0.4, 0.5) is 5.69 Å². The van der Waals surface area contributed by atoms with Crippen LogP contribution >= 0.6 is 0 Å². The van der Waals surface area contributed by atoms with Gasteiger partial charge in [-0.25, -0.2) is 0 Å². The predicted molar refractivity (Wildman–Crippen MR) is 112 cm³/mol. The highest BCUT2D eigenvalue weighted by atomic mass is 16.7. The summed E-state index contributed by atoms with van der Waals surface area (Å²) in [6, 6.07) is 12.2. The van der Waals surface area contributed by atoms with E-state index >= 15 is 0 Å². The molecule has 2 aromatic rings. The van der Waals surface area contributed by atoms with E-state index in [9.17, 15) is 4.79 Å². The van der Waals surface area contributed by atoms with E-state index < -0.39 is 0 Å². The third-order valence-corrected chi connectivity index (χ3v) is 4.93. The van der Waals surface area contributed by atoms with Crippen molar-refractivity contribution >= 4 is 11.6 Å². The average Bonchev–Trinajstić information content (AvgIpc) is 3.12. The highest BCUT2D eigenvalue weighted by molar-refractivity contribution is 5.92. The lowest BCUT2D eigenvalue weighted by atomic mass is 9.92. The fourth-order valence-corrected chi connectivity index (χ4v) is 3.38. The fourth-order valence-electron chi connectivity index (χ4n) is 3.38. The van der Waals surface area contributed by atoms with Crippen molar-refractivity contribution in [1.82, 2.24) is 5.32 Å². The number of fused-ring (bicyclic) bond motifs is 1. The van der Waals surface area contributed by atoms with Crippen LogP contribution < -0.4 is 20.1 Å². The maximum absolute atomic E-state index is 12.5. The minimum Gasteiger partial charge on any atom is -0.454 e. The highest BCUT2D eigenvalue weighted by Gasteiger charge is 2.16. The van der Waals surface area contributed by atoms with Gasteiger partial charge in [0.15, 0.2) is 11.5 Å². The topological polar surface area (TPSA) is 59.6 Å². The molecule has 5 nitrogen and oxygen atoms in total. The molecule has 0 unspecified atom stereocenters. The summed E-state index contributed by atoms with van der Waals surface area (Å²) < 4.78 is 10.7. The summed E-state index contributed by atoms with van der Waals surface area (Å²) in [7, 11) is 0. The monoisotopic (exact) mass is 382 g/mol. The van der Waals surface area contributed by atoms with E-state index in [1.54, 1.807) is 0 Å². The van der Waals surface area contributed by atoms with Crippen molar-refractivity contribution in [3.8, 4) is 11.5 Å². The number of benzene rings is 2. The zero-order valence-electron chi connectivity index (χ0n) is 17.2. The van der Waals surface area contributed by atoms with Crippen LogP contribution in [-0.4, -0.2) is 19.2 Å². The highest BCUT2D eigenvalue weighted by Crippen LogP contribution is 2.33. The van der Waals surface area contributed by atoms with Crippen LogP contribution in [0.15, 0.2) is 36.4 Å². The van der Waals surface area contributed by atoms with Gasteiger partial charge in [0.1, 0.15) is 0 Å². The maximum Gasteiger partial charge on any atom is 0.231 e. The summed E-state index contributed by atoms with van der Waals surface area (Å²) in [5.41, 5.74) is 4.46. The molecule has 2 aromatic carbocycles. The van der Waals surface area contributed by atoms with Crippen molar-refractivity contribution in [2.45, 2.75) is 52.5 Å². The van der Waals surface area contributed by atoms with Gasteiger partial charge in [-0.15, -0.1) is 0 Å². The van der Waals surface area contributed by atoms with Crippen molar-refractivity contribution in [3.05, 3.63) is 53.1 Å². The lowest BCUT2D eigenvalue weighted by Crippen LogP contribution is -2.22. The third-order valence-electron chi connectivity index (χ3n) is 4.93. The van der Waals surface area contributed by atoms with E-state index in [4.69, 9.17) is 9.47 Å². The van der Waals surface area contributed by atoms with Crippen molar-refractivity contribution in [2.75, 3.05) is 18.7 Å². The van der Waals surface area contributed by atoms with Gasteiger partial charge in [0, 0.05) is 25.2 Å². The van der Waals surface area contributed by atoms with Crippen molar-refractivity contribution in [3.63, 3.8) is 0 Å². The molecule has 28 heavy (non-hydrogen) atoms. The number of ether oxygens (including phenoxy) is 2. The number of hydrogen-bond acceptors (Lipinski definition) is 4. The number of para-hydroxylation sites is 1. The predicted octanol–water partition coefficient (Wildman–Crippen LogP) is 4.78. The Morgan fingerprint density at radius 2 is 1.68 bits per heavy atom. The summed E-state index contributed by atoms with van der Waals surface area (Å²) >= 11 is 0. The van der Waals surface area contributed by atoms with Gasteiger partial charge in [-0.3, -0.25) is 4.79 Å². The molecule has 1 heterocycles. The second-order valence-corrected chi connectivity index (χ2v) is 7.78. The van der Waals surface area contributed by atoms with Gasteiger partial charge >= 0.3 is 0 Å². The molecule has 2 N–H and O–H groups in total. The zero-order chi connectivity index (χ0) is 20.1. The number of rotatable bonds is 8. The maximum atomic E-state index is 12.5. The Morgan fingerprint density at radius 3 is 2.36 bits per heavy atom. The Labute approximate surface area is 167 Å². The number of carbonyl (C=O) groups is 1. The van der Waals surface area contributed by atoms with E-state index in [2.05, 4.69) is 56.5 Å². The zero-order valence-corrected chi connectivity index (χ0v) is 17.2. The average molecular weight is 383 g/mol. The van der Waals surface area contributed by atoms with Crippen molar-refractivity contribution < 1.29 is 14.3 Å². The Bertz CT molecular complexity index is 804. The SMILES string of the molecule is CC(C)c1cccc(C(C)C)c1NC(=O)CCNCc1ccc2c(c1)OCO2. The van der Waals surface area contributed by atoms with Crippen LogP contribution in [0.5, 0.6) is 11.5 Å². The molecule has 1 aliphatic rings. The molecule has 0 fully saturated rings. The molecule has 0 saturated heterocycles. The van der Waals surface area contributed by atoms with Gasteiger partial charge in [-0.05, 0) is 40.7 Å². The minimum absolute atomic E-state index is 0.0354. The first-order chi connectivity index (χ1) is 13.5. The third kappa shape index (κ3) is 4.84. The Morgan fingerprint density at radius 1 is 1.00 bits per heavy atom. The van der Waals surface area contributed by atoms with Gasteiger partial charge in [-0.1, -0.05) is 52.0 Å². The summed E-state index contributed by atoms with van der Waals surface area (Å²) in [4.78, 5) is 12.5. The summed E-state index contributed by atoms with van der Waals surface area (Å²) in [5.74, 6) is 2.32. The molecule has 0 saturated carbocycles. The Hall–Kier alpha value is -2.53. The Balaban J connectivity index is 1.53. The first kappa shape index (κ1) is 20.2. The minimum atomic E-state index is 0.0354. The van der Waals surface area contributed by atoms with Crippen LogP contribution in [0.2, 0.25) is 0 Å². The lowest BCUT2D eigenvalue weighted by molar-refractivity contribution is -0.116. The van der Waals surface area contributed by atoms with Crippen molar-refractivity contribution in [1.29, 1.82) is 0 Å². The normalized spacial score (nSPS) is 12.6. The van der Waals surface area contributed by atoms with Gasteiger partial charge < -0.3 is 20.1 Å². The van der Waals surface area contributed by atoms with E-state index in [0.717, 1.165) is 22.7 Å². The summed E-state index contributed by atoms with van der Waals surface area (Å²) in [6.45, 7) is 10.2. The van der Waals surface area contributed by atoms with E-state index in [1.165, 1.54) is 11.1 Å². The second kappa shape index (κ2) is 9.11. The number of nitrogens with one attached hydrogen (secondary N) is 2. The molecule has 1 aliphatic heterocycles. The van der Waals surface area contributed by atoms with Crippen LogP contribution in [0, 0.1) is 0 Å². The van der Waals surface area contributed by atoms with Crippen LogP contribution in [0.25, 0.3) is 0 Å². The molecule has 150 valence electrons. The number of anilines is 1. The van der Waals surface area contributed by atoms with Gasteiger partial charge in [-0.2, -0.15) is 0 Å². The number of amides is 1. The smallest absolute Gasteiger partial charge is 0.231 e. The van der Waals surface area contributed by atoms with Crippen LogP contribution in [0.1, 0.15) is 62.6 Å². The van der Waals surface area contributed by atoms with Crippen LogP contribution in [-0.2, 0) is 11.3 Å². The van der Waals surface area contributed by atoms with E-state index in [0.29, 0.717) is 31.3 Å². The molecule has 0 spiro atoms. The molecule has 1 amide bonds. The molecule has 5 heteroatoms. The van der Waals surface area contributed by atoms with Gasteiger partial charge in [0.2, 0.25) is 12.7 Å². The fraction of sp³-hybridized carbons (Fsp3) is 0.435.